The Bertz CT molecular complexity index is 2790. The van der Waals surface area contributed by atoms with Crippen molar-refractivity contribution >= 4 is 67.9 Å². The number of nitrogens with one attached hydrogen (secondary N) is 1. The van der Waals surface area contributed by atoms with Crippen molar-refractivity contribution in [2.45, 2.75) is 51.3 Å². The van der Waals surface area contributed by atoms with Crippen molar-refractivity contribution in [1.29, 1.82) is 0 Å². The molecule has 0 aliphatic carbocycles. The molecule has 1 amide bonds. The maximum atomic E-state index is 13.0. The molecule has 3 heterocycles. The molecule has 0 spiro atoms. The van der Waals surface area contributed by atoms with Crippen molar-refractivity contribution in [3.63, 3.8) is 0 Å². The number of methoxy groups -OCH3 is 1. The third-order valence-corrected chi connectivity index (χ3v) is 12.2. The number of halogens is 1. The molecule has 4 N–H and O–H groups in total. The number of carbonyl (C=O) groups excluding carboxylic acids is 2. The molecule has 16 heteroatoms. The lowest BCUT2D eigenvalue weighted by Gasteiger charge is -2.28. The van der Waals surface area contributed by atoms with Crippen LogP contribution in [0, 0.1) is 12.8 Å². The Morgan fingerprint density at radius 3 is 2.11 bits per heavy atom. The van der Waals surface area contributed by atoms with Crippen LogP contribution < -0.4 is 10.1 Å². The van der Waals surface area contributed by atoms with Gasteiger partial charge >= 0.3 is 11.9 Å². The van der Waals surface area contributed by atoms with Crippen LogP contribution in [0.5, 0.6) is 5.75 Å². The third-order valence-electron chi connectivity index (χ3n) is 10.1. The fourth-order valence-corrected chi connectivity index (χ4v) is 8.32. The summed E-state index contributed by atoms with van der Waals surface area (Å²) in [5, 5.41) is 32.2. The van der Waals surface area contributed by atoms with Gasteiger partial charge in [-0.2, -0.15) is 0 Å². The Balaban J connectivity index is 0.000000184. The summed E-state index contributed by atoms with van der Waals surface area (Å²) in [6.07, 6.45) is 2.36. The number of pyridine rings is 1. The van der Waals surface area contributed by atoms with Gasteiger partial charge in [0.15, 0.2) is 11.5 Å². The SMILES string of the molecule is CC(C)Cc1ccc(C(C)C(=O)O)cc1.CN1C(C(=O)Nc2ccccn2)=C(O)c2ccccc2S1(=O)=O.COc1ccc2c(c1)c(CC(=O)O)c(C)n2C(=O)c1ccc(Cl)cc1. The second-order valence-electron chi connectivity index (χ2n) is 14.9. The standard InChI is InChI=1S/C19H16ClNO4.C15H13N3O4S.C13H18O2/c1-11-15(10-18(22)23)16-9-14(25-2)7-8-17(16)21(11)19(24)12-3-5-13(20)6-4-12;1-18-13(15(20)17-12-8-4-5-9-16-12)14(19)10-6-2-3-7-11(10)23(18,21)22;1-9(2)8-11-4-6-12(7-5-11)10(3)13(14)15/h3-9H,10H2,1-2H3,(H,22,23);2-9,19H,1H3,(H,16,17,20);4-7,9-10H,8H2,1-3H3,(H,14,15). The summed E-state index contributed by atoms with van der Waals surface area (Å²) in [5.74, 6) is -2.05. The van der Waals surface area contributed by atoms with Gasteiger partial charge in [-0.1, -0.05) is 67.9 Å². The first-order chi connectivity index (χ1) is 29.8. The predicted molar refractivity (Wildman–Crippen MR) is 241 cm³/mol. The smallest absolute Gasteiger partial charge is 0.310 e. The number of aliphatic carboxylic acids is 2. The molecule has 1 aliphatic heterocycles. The second-order valence-corrected chi connectivity index (χ2v) is 17.3. The van der Waals surface area contributed by atoms with E-state index < -0.39 is 39.5 Å². The minimum Gasteiger partial charge on any atom is -0.505 e. The molecule has 7 rings (SSSR count). The quantitative estimate of drug-likeness (QED) is 0.102. The van der Waals surface area contributed by atoms with Crippen LogP contribution in [-0.2, 0) is 37.2 Å². The number of nitrogens with zero attached hydrogens (tertiary/aromatic N) is 3. The van der Waals surface area contributed by atoms with Gasteiger partial charge in [0.1, 0.15) is 11.6 Å². The second kappa shape index (κ2) is 20.3. The van der Waals surface area contributed by atoms with Gasteiger partial charge in [-0.25, -0.2) is 13.4 Å². The van der Waals surface area contributed by atoms with Crippen LogP contribution in [0.25, 0.3) is 16.7 Å². The van der Waals surface area contributed by atoms with Gasteiger partial charge in [0, 0.05) is 40.5 Å². The number of benzene rings is 4. The molecule has 14 nitrogen and oxygen atoms in total. The normalized spacial score (nSPS) is 13.2. The molecule has 1 unspecified atom stereocenters. The number of aliphatic hydroxyl groups excluding tert-OH is 1. The van der Waals surface area contributed by atoms with Crippen LogP contribution in [0.1, 0.15) is 65.0 Å². The molecule has 2 aromatic heterocycles. The fourth-order valence-electron chi connectivity index (χ4n) is 6.80. The monoisotopic (exact) mass is 894 g/mol. The van der Waals surface area contributed by atoms with E-state index in [2.05, 4.69) is 24.1 Å². The van der Waals surface area contributed by atoms with E-state index in [0.717, 1.165) is 16.3 Å². The first kappa shape index (κ1) is 47.1. The number of sulfonamides is 1. The van der Waals surface area contributed by atoms with E-state index >= 15 is 0 Å². The van der Waals surface area contributed by atoms with Crippen molar-refractivity contribution in [3.8, 4) is 5.75 Å². The lowest BCUT2D eigenvalue weighted by Crippen LogP contribution is -2.37. The molecule has 4 aromatic carbocycles. The molecule has 6 aromatic rings. The number of rotatable bonds is 10. The van der Waals surface area contributed by atoms with Crippen LogP contribution in [0.4, 0.5) is 5.82 Å². The minimum atomic E-state index is -3.91. The Kier molecular flexibility index (Phi) is 15.1. The molecule has 1 atom stereocenters. The first-order valence-corrected chi connectivity index (χ1v) is 21.4. The van der Waals surface area contributed by atoms with Gasteiger partial charge in [-0.3, -0.25) is 28.1 Å². The average molecular weight is 895 g/mol. The highest BCUT2D eigenvalue weighted by atomic mass is 35.5. The lowest BCUT2D eigenvalue weighted by molar-refractivity contribution is -0.138. The number of fused-ring (bicyclic) bond motifs is 2. The number of amides is 1. The Morgan fingerprint density at radius 1 is 0.873 bits per heavy atom. The molecule has 0 radical (unpaired) electrons. The average Bonchev–Trinajstić information content (AvgIpc) is 3.52. The van der Waals surface area contributed by atoms with Gasteiger partial charge < -0.3 is 25.4 Å². The zero-order valence-corrected chi connectivity index (χ0v) is 36.9. The van der Waals surface area contributed by atoms with Gasteiger partial charge in [-0.05, 0) is 110 Å². The molecule has 0 saturated heterocycles. The Hall–Kier alpha value is -6.97. The zero-order valence-electron chi connectivity index (χ0n) is 35.4. The number of carbonyl (C=O) groups is 4. The minimum absolute atomic E-state index is 0.0469. The largest absolute Gasteiger partial charge is 0.505 e. The van der Waals surface area contributed by atoms with Gasteiger partial charge in [0.25, 0.3) is 21.8 Å². The molecule has 0 bridgehead atoms. The van der Waals surface area contributed by atoms with E-state index in [1.807, 2.05) is 24.3 Å². The Labute approximate surface area is 370 Å². The zero-order chi connectivity index (χ0) is 46.2. The molecular weight excluding hydrogens is 848 g/mol. The summed E-state index contributed by atoms with van der Waals surface area (Å²) in [7, 11) is -1.15. The van der Waals surface area contributed by atoms with Crippen molar-refractivity contribution in [2.75, 3.05) is 19.5 Å². The maximum Gasteiger partial charge on any atom is 0.310 e. The summed E-state index contributed by atoms with van der Waals surface area (Å²) in [5.41, 5.74) is 4.21. The molecule has 63 heavy (non-hydrogen) atoms. The fraction of sp³-hybridized carbons (Fsp3) is 0.213. The number of likely N-dealkylation sites (N-methyl/N-ethyl adjacent to an activating group) is 1. The predicted octanol–water partition coefficient (Wildman–Crippen LogP) is 8.58. The number of hydrogen-bond acceptors (Lipinski definition) is 9. The topological polar surface area (TPSA) is 205 Å². The van der Waals surface area contributed by atoms with Crippen LogP contribution >= 0.6 is 11.6 Å². The highest BCUT2D eigenvalue weighted by Crippen LogP contribution is 2.35. The first-order valence-electron chi connectivity index (χ1n) is 19.6. The third kappa shape index (κ3) is 10.9. The highest BCUT2D eigenvalue weighted by Gasteiger charge is 2.37. The van der Waals surface area contributed by atoms with E-state index in [1.165, 1.54) is 35.5 Å². The number of aromatic nitrogens is 2. The number of ether oxygens (including phenoxy) is 1. The number of anilines is 1. The van der Waals surface area contributed by atoms with Crippen molar-refractivity contribution in [1.82, 2.24) is 13.9 Å². The highest BCUT2D eigenvalue weighted by molar-refractivity contribution is 7.89. The molecule has 0 saturated carbocycles. The van der Waals surface area contributed by atoms with Gasteiger partial charge in [0.05, 0.1) is 29.9 Å². The molecular formula is C47H47ClN4O10S. The number of carboxylic acid groups (broad SMARTS) is 2. The van der Waals surface area contributed by atoms with Crippen LogP contribution in [0.15, 0.2) is 126 Å². The van der Waals surface area contributed by atoms with E-state index in [-0.39, 0.29) is 34.3 Å². The van der Waals surface area contributed by atoms with Gasteiger partial charge in [-0.15, -0.1) is 0 Å². The number of aliphatic hydroxyl groups is 1. The van der Waals surface area contributed by atoms with Crippen LogP contribution in [0.2, 0.25) is 5.02 Å². The van der Waals surface area contributed by atoms with Crippen molar-refractivity contribution in [3.05, 3.63) is 160 Å². The van der Waals surface area contributed by atoms with Crippen molar-refractivity contribution < 1.29 is 47.7 Å². The maximum absolute atomic E-state index is 13.0. The number of carboxylic acids is 2. The summed E-state index contributed by atoms with van der Waals surface area (Å²) in [6.45, 7) is 7.81. The summed E-state index contributed by atoms with van der Waals surface area (Å²) in [6, 6.07) is 30.6. The van der Waals surface area contributed by atoms with Crippen LogP contribution in [-0.4, -0.2) is 75.5 Å². The Morgan fingerprint density at radius 2 is 1.52 bits per heavy atom. The van der Waals surface area contributed by atoms with E-state index in [0.29, 0.717) is 44.4 Å². The van der Waals surface area contributed by atoms with E-state index in [9.17, 15) is 37.8 Å². The van der Waals surface area contributed by atoms with E-state index in [1.54, 1.807) is 93.8 Å². The molecule has 328 valence electrons. The summed E-state index contributed by atoms with van der Waals surface area (Å²) < 4.78 is 32.5. The van der Waals surface area contributed by atoms with Crippen molar-refractivity contribution in [2.24, 2.45) is 5.92 Å². The summed E-state index contributed by atoms with van der Waals surface area (Å²) >= 11 is 5.89. The number of hydrogen-bond donors (Lipinski definition) is 4. The lowest BCUT2D eigenvalue weighted by atomic mass is 9.97. The molecule has 0 fully saturated rings. The van der Waals surface area contributed by atoms with Crippen LogP contribution in [0.3, 0.4) is 0 Å². The van der Waals surface area contributed by atoms with E-state index in [4.69, 9.17) is 21.4 Å². The van der Waals surface area contributed by atoms with Gasteiger partial charge in [0.2, 0.25) is 0 Å². The summed E-state index contributed by atoms with van der Waals surface area (Å²) in [4.78, 5) is 51.3. The molecule has 1 aliphatic rings.